The number of hydrogen-bond donors (Lipinski definition) is 1. The van der Waals surface area contributed by atoms with Gasteiger partial charge in [0.2, 0.25) is 0 Å². The molecule has 2 unspecified atom stereocenters. The standard InChI is InChI=1S/C34H33N5O3/c1-21-18-25(19-22(2)42-21)14-15-26-10-8-11-27-20-29(39(34(41)31(26)27)28-12-6-5-7-13-28)23(3)36-33(40)30-24(4)37-38-17-9-16-35-32(30)38/h5-13,16-17,20-23,25H,18-19H2,1-4H3,(H,36,40)/t21?,22?,23-,25?/m0/s1. The lowest BCUT2D eigenvalue weighted by Crippen LogP contribution is -2.32. The van der Waals surface area contributed by atoms with Crippen molar-refractivity contribution in [2.75, 3.05) is 0 Å². The minimum atomic E-state index is -0.507. The summed E-state index contributed by atoms with van der Waals surface area (Å²) in [6.45, 7) is 7.82. The number of fused-ring (bicyclic) bond motifs is 2. The lowest BCUT2D eigenvalue weighted by molar-refractivity contribution is -0.0419. The van der Waals surface area contributed by atoms with E-state index in [1.54, 1.807) is 34.5 Å². The zero-order chi connectivity index (χ0) is 29.4. The number of aryl methyl sites for hydroxylation is 1. The van der Waals surface area contributed by atoms with E-state index in [2.05, 4.69) is 41.1 Å². The Morgan fingerprint density at radius 1 is 1.07 bits per heavy atom. The molecule has 42 heavy (non-hydrogen) atoms. The number of amides is 1. The van der Waals surface area contributed by atoms with Crippen molar-refractivity contribution in [1.29, 1.82) is 0 Å². The van der Waals surface area contributed by atoms with E-state index >= 15 is 0 Å². The third-order valence-corrected chi connectivity index (χ3v) is 7.79. The molecule has 3 atom stereocenters. The average Bonchev–Trinajstić information content (AvgIpc) is 3.31. The van der Waals surface area contributed by atoms with Gasteiger partial charge in [-0.25, -0.2) is 9.50 Å². The number of hydrogen-bond acceptors (Lipinski definition) is 5. The summed E-state index contributed by atoms with van der Waals surface area (Å²) < 4.78 is 9.15. The average molecular weight is 560 g/mol. The van der Waals surface area contributed by atoms with Crippen LogP contribution in [0.4, 0.5) is 0 Å². The highest BCUT2D eigenvalue weighted by Gasteiger charge is 2.25. The van der Waals surface area contributed by atoms with Gasteiger partial charge in [0.25, 0.3) is 11.5 Å². The number of nitrogens with one attached hydrogen (secondary N) is 1. The Morgan fingerprint density at radius 3 is 2.60 bits per heavy atom. The van der Waals surface area contributed by atoms with Crippen LogP contribution in [0.25, 0.3) is 22.1 Å². The Hall–Kier alpha value is -4.74. The minimum Gasteiger partial charge on any atom is -0.375 e. The second-order valence-corrected chi connectivity index (χ2v) is 11.1. The van der Waals surface area contributed by atoms with Crippen molar-refractivity contribution in [1.82, 2.24) is 24.5 Å². The van der Waals surface area contributed by atoms with E-state index in [4.69, 9.17) is 4.74 Å². The highest BCUT2D eigenvalue weighted by molar-refractivity contribution is 6.01. The molecule has 1 N–H and O–H groups in total. The first-order valence-corrected chi connectivity index (χ1v) is 14.3. The zero-order valence-electron chi connectivity index (χ0n) is 24.2. The van der Waals surface area contributed by atoms with Gasteiger partial charge in [0, 0.05) is 35.3 Å². The molecule has 2 aromatic carbocycles. The smallest absolute Gasteiger partial charge is 0.264 e. The van der Waals surface area contributed by atoms with Gasteiger partial charge in [-0.05, 0) is 76.3 Å². The Balaban J connectivity index is 1.43. The van der Waals surface area contributed by atoms with Crippen molar-refractivity contribution < 1.29 is 9.53 Å². The SMILES string of the molecule is Cc1nn2cccnc2c1C(=O)N[C@@H](C)c1cc2cccc(C#CC3CC(C)OC(C)C3)c2c(=O)n1-c1ccccc1. The van der Waals surface area contributed by atoms with Gasteiger partial charge in [-0.15, -0.1) is 0 Å². The van der Waals surface area contributed by atoms with E-state index in [-0.39, 0.29) is 29.6 Å². The summed E-state index contributed by atoms with van der Waals surface area (Å²) in [5.41, 5.74) is 3.36. The Bertz CT molecular complexity index is 1900. The fourth-order valence-electron chi connectivity index (χ4n) is 5.96. The number of aromatic nitrogens is 4. The lowest BCUT2D eigenvalue weighted by atomic mass is 9.92. The van der Waals surface area contributed by atoms with Crippen molar-refractivity contribution in [3.8, 4) is 17.5 Å². The van der Waals surface area contributed by atoms with Crippen LogP contribution in [0, 0.1) is 24.7 Å². The van der Waals surface area contributed by atoms with Crippen LogP contribution in [0.15, 0.2) is 77.9 Å². The van der Waals surface area contributed by atoms with E-state index < -0.39 is 6.04 Å². The van der Waals surface area contributed by atoms with E-state index in [9.17, 15) is 9.59 Å². The summed E-state index contributed by atoms with van der Waals surface area (Å²) in [6.07, 6.45) is 5.47. The van der Waals surface area contributed by atoms with Gasteiger partial charge >= 0.3 is 0 Å². The summed E-state index contributed by atoms with van der Waals surface area (Å²) in [6, 6.07) is 18.5. The molecule has 8 nitrogen and oxygen atoms in total. The van der Waals surface area contributed by atoms with Crippen molar-refractivity contribution in [2.45, 2.75) is 58.8 Å². The number of ether oxygens (including phenoxy) is 1. The molecule has 8 heteroatoms. The van der Waals surface area contributed by atoms with Crippen LogP contribution in [-0.4, -0.2) is 37.3 Å². The van der Waals surface area contributed by atoms with Gasteiger partial charge in [0.1, 0.15) is 5.56 Å². The predicted octanol–water partition coefficient (Wildman–Crippen LogP) is 5.39. The predicted molar refractivity (Wildman–Crippen MR) is 163 cm³/mol. The molecule has 212 valence electrons. The summed E-state index contributed by atoms with van der Waals surface area (Å²) in [7, 11) is 0. The molecule has 4 heterocycles. The summed E-state index contributed by atoms with van der Waals surface area (Å²) >= 11 is 0. The van der Waals surface area contributed by atoms with E-state index in [1.807, 2.05) is 61.5 Å². The van der Waals surface area contributed by atoms with E-state index in [0.717, 1.165) is 18.2 Å². The van der Waals surface area contributed by atoms with Crippen LogP contribution in [0.5, 0.6) is 0 Å². The monoisotopic (exact) mass is 559 g/mol. The normalized spacial score (nSPS) is 19.3. The Labute approximate surface area is 244 Å². The molecule has 0 saturated carbocycles. The maximum Gasteiger partial charge on any atom is 0.264 e. The van der Waals surface area contributed by atoms with Crippen molar-refractivity contribution in [2.24, 2.45) is 5.92 Å². The third-order valence-electron chi connectivity index (χ3n) is 7.79. The second kappa shape index (κ2) is 11.3. The fraction of sp³-hybridized carbons (Fsp3) is 0.294. The number of nitrogens with zero attached hydrogens (tertiary/aromatic N) is 4. The molecule has 1 fully saturated rings. The molecule has 5 aromatic rings. The molecular formula is C34H33N5O3. The number of pyridine rings is 1. The summed E-state index contributed by atoms with van der Waals surface area (Å²) in [4.78, 5) is 32.2. The van der Waals surface area contributed by atoms with E-state index in [0.29, 0.717) is 39.2 Å². The van der Waals surface area contributed by atoms with Crippen LogP contribution < -0.4 is 10.9 Å². The summed E-state index contributed by atoms with van der Waals surface area (Å²) in [5, 5.41) is 8.85. The molecule has 1 aliphatic rings. The molecule has 0 aliphatic carbocycles. The van der Waals surface area contributed by atoms with Crippen LogP contribution in [0.2, 0.25) is 0 Å². The van der Waals surface area contributed by atoms with Gasteiger partial charge in [0.15, 0.2) is 5.65 Å². The van der Waals surface area contributed by atoms with Crippen LogP contribution in [0.1, 0.15) is 67.0 Å². The minimum absolute atomic E-state index is 0.162. The Morgan fingerprint density at radius 2 is 1.83 bits per heavy atom. The van der Waals surface area contributed by atoms with E-state index in [1.165, 1.54) is 0 Å². The quantitative estimate of drug-likeness (QED) is 0.298. The van der Waals surface area contributed by atoms with Gasteiger partial charge in [-0.1, -0.05) is 42.2 Å². The largest absolute Gasteiger partial charge is 0.375 e. The van der Waals surface area contributed by atoms with Gasteiger partial charge in [0.05, 0.1) is 29.3 Å². The molecular weight excluding hydrogens is 526 g/mol. The molecule has 6 rings (SSSR count). The van der Waals surface area contributed by atoms with Crippen LogP contribution in [0.3, 0.4) is 0 Å². The third kappa shape index (κ3) is 5.19. The van der Waals surface area contributed by atoms with Crippen LogP contribution in [-0.2, 0) is 4.74 Å². The molecule has 0 spiro atoms. The topological polar surface area (TPSA) is 90.5 Å². The van der Waals surface area contributed by atoms with Gasteiger partial charge < -0.3 is 10.1 Å². The van der Waals surface area contributed by atoms with Crippen molar-refractivity contribution in [3.05, 3.63) is 106 Å². The number of carbonyl (C=O) groups is 1. The molecule has 0 bridgehead atoms. The number of carbonyl (C=O) groups excluding carboxylic acids is 1. The first-order valence-electron chi connectivity index (χ1n) is 14.3. The molecule has 1 aliphatic heterocycles. The molecule has 3 aromatic heterocycles. The Kier molecular flexibility index (Phi) is 7.36. The highest BCUT2D eigenvalue weighted by Crippen LogP contribution is 2.26. The number of benzene rings is 2. The maximum absolute atomic E-state index is 14.3. The first-order chi connectivity index (χ1) is 20.3. The van der Waals surface area contributed by atoms with Crippen molar-refractivity contribution >= 4 is 22.3 Å². The molecule has 1 amide bonds. The second-order valence-electron chi connectivity index (χ2n) is 11.1. The van der Waals surface area contributed by atoms with Crippen LogP contribution >= 0.6 is 0 Å². The molecule has 0 radical (unpaired) electrons. The summed E-state index contributed by atoms with van der Waals surface area (Å²) in [5.74, 6) is 6.67. The van der Waals surface area contributed by atoms with Crippen molar-refractivity contribution in [3.63, 3.8) is 0 Å². The van der Waals surface area contributed by atoms with Gasteiger partial charge in [-0.3, -0.25) is 14.2 Å². The number of para-hydroxylation sites is 1. The van der Waals surface area contributed by atoms with Gasteiger partial charge in [-0.2, -0.15) is 5.10 Å². The molecule has 1 saturated heterocycles. The first kappa shape index (κ1) is 27.4. The highest BCUT2D eigenvalue weighted by atomic mass is 16.5. The number of rotatable bonds is 4. The maximum atomic E-state index is 14.3. The zero-order valence-corrected chi connectivity index (χ0v) is 24.2. The lowest BCUT2D eigenvalue weighted by Gasteiger charge is -2.29. The fourth-order valence-corrected chi connectivity index (χ4v) is 5.96.